The number of imidazole rings is 1. The van der Waals surface area contributed by atoms with E-state index in [1.165, 1.54) is 0 Å². The summed E-state index contributed by atoms with van der Waals surface area (Å²) < 4.78 is 2.04. The fourth-order valence-electron chi connectivity index (χ4n) is 3.23. The topological polar surface area (TPSA) is 79.3 Å². The van der Waals surface area contributed by atoms with Crippen LogP contribution in [0.4, 0.5) is 10.7 Å². The Morgan fingerprint density at radius 1 is 1.23 bits per heavy atom. The largest absolute Gasteiger partial charge is 0.354 e. The SMILES string of the molecule is CCCCNC(=O)[C@@H](NC(=O)N1CCn2c1nc1ccccc12)C(C)C. The number of carbonyl (C=O) groups is 2. The van der Waals surface area contributed by atoms with Gasteiger partial charge in [-0.2, -0.15) is 0 Å². The van der Waals surface area contributed by atoms with Gasteiger partial charge in [0, 0.05) is 19.6 Å². The van der Waals surface area contributed by atoms with Crippen LogP contribution < -0.4 is 15.5 Å². The van der Waals surface area contributed by atoms with Gasteiger partial charge >= 0.3 is 6.03 Å². The van der Waals surface area contributed by atoms with Crippen LogP contribution in [0.1, 0.15) is 33.6 Å². The predicted molar refractivity (Wildman–Crippen MR) is 102 cm³/mol. The Morgan fingerprint density at radius 2 is 2.00 bits per heavy atom. The lowest BCUT2D eigenvalue weighted by molar-refractivity contribution is -0.123. The van der Waals surface area contributed by atoms with E-state index in [0.29, 0.717) is 25.6 Å². The van der Waals surface area contributed by atoms with E-state index in [1.807, 2.05) is 42.7 Å². The molecule has 0 fully saturated rings. The lowest BCUT2D eigenvalue weighted by Gasteiger charge is -2.24. The summed E-state index contributed by atoms with van der Waals surface area (Å²) in [5.74, 6) is 0.508. The second-order valence-electron chi connectivity index (χ2n) is 7.02. The smallest absolute Gasteiger partial charge is 0.324 e. The molecule has 0 spiro atoms. The van der Waals surface area contributed by atoms with E-state index in [4.69, 9.17) is 0 Å². The highest BCUT2D eigenvalue weighted by atomic mass is 16.2. The van der Waals surface area contributed by atoms with Gasteiger partial charge in [0.15, 0.2) is 0 Å². The molecule has 0 bridgehead atoms. The summed E-state index contributed by atoms with van der Waals surface area (Å²) in [5, 5.41) is 5.80. The Hall–Kier alpha value is -2.57. The molecular weight excluding hydrogens is 330 g/mol. The van der Waals surface area contributed by atoms with Gasteiger partial charge in [0.2, 0.25) is 11.9 Å². The zero-order valence-corrected chi connectivity index (χ0v) is 15.7. The highest BCUT2D eigenvalue weighted by Crippen LogP contribution is 2.27. The maximum absolute atomic E-state index is 12.8. The summed E-state index contributed by atoms with van der Waals surface area (Å²) in [7, 11) is 0. The van der Waals surface area contributed by atoms with E-state index < -0.39 is 6.04 Å². The highest BCUT2D eigenvalue weighted by molar-refractivity contribution is 5.96. The van der Waals surface area contributed by atoms with Crippen LogP contribution in [0, 0.1) is 5.92 Å². The maximum atomic E-state index is 12.8. The van der Waals surface area contributed by atoms with Crippen LogP contribution in [0.5, 0.6) is 0 Å². The molecule has 0 saturated heterocycles. The number of rotatable bonds is 6. The Morgan fingerprint density at radius 3 is 2.73 bits per heavy atom. The number of nitrogens with one attached hydrogen (secondary N) is 2. The molecule has 2 N–H and O–H groups in total. The summed E-state index contributed by atoms with van der Waals surface area (Å²) in [6, 6.07) is 7.02. The second-order valence-corrected chi connectivity index (χ2v) is 7.02. The average molecular weight is 357 g/mol. The number of carbonyl (C=O) groups excluding carboxylic acids is 2. The van der Waals surface area contributed by atoms with Crippen molar-refractivity contribution in [1.29, 1.82) is 0 Å². The summed E-state index contributed by atoms with van der Waals surface area (Å²) >= 11 is 0. The van der Waals surface area contributed by atoms with E-state index in [-0.39, 0.29) is 17.9 Å². The Kier molecular flexibility index (Phi) is 5.44. The minimum Gasteiger partial charge on any atom is -0.354 e. The van der Waals surface area contributed by atoms with Gasteiger partial charge in [-0.3, -0.25) is 9.69 Å². The fraction of sp³-hybridized carbons (Fsp3) is 0.526. The molecule has 0 radical (unpaired) electrons. The Balaban J connectivity index is 1.72. The van der Waals surface area contributed by atoms with E-state index in [9.17, 15) is 9.59 Å². The van der Waals surface area contributed by atoms with Gasteiger partial charge in [-0.05, 0) is 24.5 Å². The van der Waals surface area contributed by atoms with Crippen LogP contribution >= 0.6 is 0 Å². The molecule has 2 heterocycles. The normalized spacial score (nSPS) is 14.5. The molecule has 1 aromatic carbocycles. The lowest BCUT2D eigenvalue weighted by Crippen LogP contribution is -2.53. The van der Waals surface area contributed by atoms with E-state index in [0.717, 1.165) is 23.9 Å². The van der Waals surface area contributed by atoms with E-state index >= 15 is 0 Å². The number of amides is 3. The summed E-state index contributed by atoms with van der Waals surface area (Å²) in [6.07, 6.45) is 1.95. The lowest BCUT2D eigenvalue weighted by atomic mass is 10.0. The van der Waals surface area contributed by atoms with E-state index in [1.54, 1.807) is 4.90 Å². The number of nitrogens with zero attached hydrogens (tertiary/aromatic N) is 3. The molecule has 26 heavy (non-hydrogen) atoms. The first kappa shape index (κ1) is 18.2. The predicted octanol–water partition coefficient (Wildman–Crippen LogP) is 2.51. The van der Waals surface area contributed by atoms with Crippen LogP contribution in [0.15, 0.2) is 24.3 Å². The molecule has 1 aromatic heterocycles. The molecule has 7 heteroatoms. The third-order valence-electron chi connectivity index (χ3n) is 4.73. The first-order valence-electron chi connectivity index (χ1n) is 9.34. The molecule has 3 rings (SSSR count). The maximum Gasteiger partial charge on any atom is 0.324 e. The number of hydrogen-bond acceptors (Lipinski definition) is 3. The zero-order valence-electron chi connectivity index (χ0n) is 15.7. The van der Waals surface area contributed by atoms with Crippen molar-refractivity contribution in [3.05, 3.63) is 24.3 Å². The van der Waals surface area contributed by atoms with Crippen LogP contribution in [-0.2, 0) is 11.3 Å². The average Bonchev–Trinajstić information content (AvgIpc) is 3.18. The Bertz CT molecular complexity index is 798. The third kappa shape index (κ3) is 3.52. The monoisotopic (exact) mass is 357 g/mol. The van der Waals surface area contributed by atoms with Gasteiger partial charge in [-0.15, -0.1) is 0 Å². The number of benzene rings is 1. The number of fused-ring (bicyclic) bond motifs is 3. The molecular formula is C19H27N5O2. The minimum atomic E-state index is -0.558. The third-order valence-corrected chi connectivity index (χ3v) is 4.73. The molecule has 3 amide bonds. The number of unbranched alkanes of at least 4 members (excludes halogenated alkanes) is 1. The first-order chi connectivity index (χ1) is 12.5. The van der Waals surface area contributed by atoms with Gasteiger partial charge in [0.05, 0.1) is 11.0 Å². The molecule has 2 aromatic rings. The highest BCUT2D eigenvalue weighted by Gasteiger charge is 2.32. The van der Waals surface area contributed by atoms with Crippen molar-refractivity contribution < 1.29 is 9.59 Å². The minimum absolute atomic E-state index is 0.00185. The molecule has 1 aliphatic rings. The molecule has 0 unspecified atom stereocenters. The Labute approximate surface area is 153 Å². The van der Waals surface area contributed by atoms with Crippen molar-refractivity contribution in [2.24, 2.45) is 5.92 Å². The van der Waals surface area contributed by atoms with Gasteiger partial charge in [-0.1, -0.05) is 39.3 Å². The fourth-order valence-corrected chi connectivity index (χ4v) is 3.23. The number of urea groups is 1. The summed E-state index contributed by atoms with van der Waals surface area (Å²) in [4.78, 5) is 31.4. The first-order valence-corrected chi connectivity index (χ1v) is 9.34. The van der Waals surface area contributed by atoms with Crippen LogP contribution in [-0.4, -0.2) is 40.6 Å². The standard InChI is InChI=1S/C19H27N5O2/c1-4-5-10-20-17(25)16(13(2)3)22-19(26)24-12-11-23-15-9-7-6-8-14(15)21-18(23)24/h6-9,13,16H,4-5,10-12H2,1-3H3,(H,20,25)(H,22,26)/t16-/m0/s1. The quantitative estimate of drug-likeness (QED) is 0.780. The van der Waals surface area contributed by atoms with Gasteiger partial charge in [-0.25, -0.2) is 9.78 Å². The van der Waals surface area contributed by atoms with Crippen molar-refractivity contribution in [3.8, 4) is 0 Å². The van der Waals surface area contributed by atoms with Crippen LogP contribution in [0.25, 0.3) is 11.0 Å². The second kappa shape index (κ2) is 7.76. The number of para-hydroxylation sites is 2. The van der Waals surface area contributed by atoms with Crippen LogP contribution in [0.3, 0.4) is 0 Å². The summed E-state index contributed by atoms with van der Waals surface area (Å²) in [6.45, 7) is 7.84. The van der Waals surface area contributed by atoms with E-state index in [2.05, 4.69) is 22.5 Å². The number of hydrogen-bond donors (Lipinski definition) is 2. The molecule has 7 nitrogen and oxygen atoms in total. The van der Waals surface area contributed by atoms with Gasteiger partial charge in [0.1, 0.15) is 6.04 Å². The van der Waals surface area contributed by atoms with Crippen molar-refractivity contribution in [2.45, 2.75) is 46.2 Å². The molecule has 1 atom stereocenters. The summed E-state index contributed by atoms with van der Waals surface area (Å²) in [5.41, 5.74) is 1.90. The van der Waals surface area contributed by atoms with Crippen molar-refractivity contribution in [2.75, 3.05) is 18.0 Å². The molecule has 140 valence electrons. The number of aromatic nitrogens is 2. The molecule has 1 aliphatic heterocycles. The van der Waals surface area contributed by atoms with Gasteiger partial charge < -0.3 is 15.2 Å². The molecule has 0 aliphatic carbocycles. The van der Waals surface area contributed by atoms with Crippen LogP contribution in [0.2, 0.25) is 0 Å². The van der Waals surface area contributed by atoms with Crippen molar-refractivity contribution in [3.63, 3.8) is 0 Å². The van der Waals surface area contributed by atoms with Crippen molar-refractivity contribution >= 4 is 28.9 Å². The van der Waals surface area contributed by atoms with Crippen molar-refractivity contribution in [1.82, 2.24) is 20.2 Å². The zero-order chi connectivity index (χ0) is 18.7. The van der Waals surface area contributed by atoms with Gasteiger partial charge in [0.25, 0.3) is 0 Å². The number of anilines is 1. The molecule has 0 saturated carbocycles.